The summed E-state index contributed by atoms with van der Waals surface area (Å²) in [6.45, 7) is 10.7. The molecule has 0 bridgehead atoms. The molecule has 0 fully saturated rings. The number of aromatic nitrogens is 3. The molecule has 3 aromatic heterocycles. The Bertz CT molecular complexity index is 866. The number of nitrogens with zero attached hydrogens (tertiary/aromatic N) is 3. The molecule has 0 spiro atoms. The number of hydrogen-bond donors (Lipinski definition) is 4. The van der Waals surface area contributed by atoms with Gasteiger partial charge in [-0.2, -0.15) is 0 Å². The van der Waals surface area contributed by atoms with Gasteiger partial charge in [0.25, 0.3) is 0 Å². The van der Waals surface area contributed by atoms with Crippen molar-refractivity contribution in [2.45, 2.75) is 0 Å². The molecule has 0 aliphatic carbocycles. The van der Waals surface area contributed by atoms with E-state index in [0.29, 0.717) is 23.3 Å². The predicted octanol–water partition coefficient (Wildman–Crippen LogP) is 3.50. The standard InChI is InChI=1S/C7H9N3.2C7H8N2/c1-2-5-3-6(8)10-7(9)4-5;1-2-6-3-4-9-7(8)5-6;1-2-6-4-3-5-7(8)9-6/h2-4H,1H2,(H4,8,9,10);2*2-5H,1H2,(H2,8,9). The Morgan fingerprint density at radius 2 is 1.25 bits per heavy atom. The van der Waals surface area contributed by atoms with E-state index >= 15 is 0 Å². The summed E-state index contributed by atoms with van der Waals surface area (Å²) in [5.41, 5.74) is 24.3. The van der Waals surface area contributed by atoms with Crippen LogP contribution >= 0.6 is 0 Å². The molecule has 0 aliphatic rings. The number of nitrogen functional groups attached to an aromatic ring is 4. The van der Waals surface area contributed by atoms with Crippen molar-refractivity contribution in [2.75, 3.05) is 22.9 Å². The second kappa shape index (κ2) is 11.5. The topological polar surface area (TPSA) is 143 Å². The maximum absolute atomic E-state index is 5.40. The quantitative estimate of drug-likeness (QED) is 0.548. The first-order valence-electron chi connectivity index (χ1n) is 8.22. The third kappa shape index (κ3) is 8.30. The molecule has 0 unspecified atom stereocenters. The highest BCUT2D eigenvalue weighted by Gasteiger charge is 1.92. The number of pyridine rings is 3. The lowest BCUT2D eigenvalue weighted by molar-refractivity contribution is 1.31. The highest BCUT2D eigenvalue weighted by molar-refractivity contribution is 5.56. The van der Waals surface area contributed by atoms with Crippen LogP contribution in [0.1, 0.15) is 16.8 Å². The van der Waals surface area contributed by atoms with E-state index in [1.54, 1.807) is 48.7 Å². The molecule has 8 N–H and O–H groups in total. The van der Waals surface area contributed by atoms with Gasteiger partial charge in [-0.05, 0) is 53.6 Å². The first kappa shape index (κ1) is 21.9. The fourth-order valence-corrected chi connectivity index (χ4v) is 1.89. The monoisotopic (exact) mass is 375 g/mol. The van der Waals surface area contributed by atoms with Gasteiger partial charge >= 0.3 is 0 Å². The third-order valence-corrected chi connectivity index (χ3v) is 3.17. The van der Waals surface area contributed by atoms with Gasteiger partial charge in [0.05, 0.1) is 5.69 Å². The summed E-state index contributed by atoms with van der Waals surface area (Å²) < 4.78 is 0. The van der Waals surface area contributed by atoms with Crippen molar-refractivity contribution in [3.05, 3.63) is 85.2 Å². The fourth-order valence-electron chi connectivity index (χ4n) is 1.89. The first-order valence-corrected chi connectivity index (χ1v) is 8.22. The fraction of sp³-hybridized carbons (Fsp3) is 0. The number of hydrogen-bond acceptors (Lipinski definition) is 7. The van der Waals surface area contributed by atoms with E-state index in [4.69, 9.17) is 22.9 Å². The zero-order valence-corrected chi connectivity index (χ0v) is 15.6. The molecule has 3 rings (SSSR count). The lowest BCUT2D eigenvalue weighted by atomic mass is 10.2. The van der Waals surface area contributed by atoms with E-state index in [2.05, 4.69) is 34.7 Å². The van der Waals surface area contributed by atoms with E-state index < -0.39 is 0 Å². The van der Waals surface area contributed by atoms with Gasteiger partial charge in [-0.15, -0.1) is 0 Å². The van der Waals surface area contributed by atoms with Crippen LogP contribution in [-0.2, 0) is 0 Å². The van der Waals surface area contributed by atoms with E-state index in [-0.39, 0.29) is 0 Å². The van der Waals surface area contributed by atoms with Crippen LogP contribution in [0.5, 0.6) is 0 Å². The van der Waals surface area contributed by atoms with E-state index in [0.717, 1.165) is 16.8 Å². The van der Waals surface area contributed by atoms with Crippen molar-refractivity contribution in [1.82, 2.24) is 15.0 Å². The Morgan fingerprint density at radius 3 is 1.68 bits per heavy atom. The molecule has 144 valence electrons. The molecule has 0 aliphatic heterocycles. The molecule has 0 saturated carbocycles. The predicted molar refractivity (Wildman–Crippen MR) is 121 cm³/mol. The van der Waals surface area contributed by atoms with Crippen molar-refractivity contribution in [3.63, 3.8) is 0 Å². The van der Waals surface area contributed by atoms with Crippen LogP contribution in [-0.4, -0.2) is 15.0 Å². The third-order valence-electron chi connectivity index (χ3n) is 3.17. The Kier molecular flexibility index (Phi) is 8.98. The molecule has 3 heterocycles. The van der Waals surface area contributed by atoms with Crippen molar-refractivity contribution in [2.24, 2.45) is 0 Å². The van der Waals surface area contributed by atoms with Gasteiger partial charge in [0.2, 0.25) is 0 Å². The maximum atomic E-state index is 5.40. The average Bonchev–Trinajstić information content (AvgIpc) is 2.68. The van der Waals surface area contributed by atoms with E-state index in [9.17, 15) is 0 Å². The minimum atomic E-state index is 0.426. The molecule has 7 nitrogen and oxygen atoms in total. The maximum Gasteiger partial charge on any atom is 0.126 e. The Morgan fingerprint density at radius 1 is 0.643 bits per heavy atom. The lowest BCUT2D eigenvalue weighted by Gasteiger charge is -1.96. The van der Waals surface area contributed by atoms with Crippen LogP contribution < -0.4 is 22.9 Å². The second-order valence-electron chi connectivity index (χ2n) is 5.36. The summed E-state index contributed by atoms with van der Waals surface area (Å²) in [4.78, 5) is 11.6. The Labute approximate surface area is 165 Å². The van der Waals surface area contributed by atoms with E-state index in [1.807, 2.05) is 18.2 Å². The highest BCUT2D eigenvalue weighted by Crippen LogP contribution is 2.09. The Balaban J connectivity index is 0.000000210. The van der Waals surface area contributed by atoms with Crippen LogP contribution in [0.4, 0.5) is 23.3 Å². The molecule has 0 saturated heterocycles. The minimum absolute atomic E-state index is 0.426. The smallest absolute Gasteiger partial charge is 0.126 e. The van der Waals surface area contributed by atoms with Gasteiger partial charge < -0.3 is 22.9 Å². The highest BCUT2D eigenvalue weighted by atomic mass is 14.9. The molecule has 7 heteroatoms. The summed E-state index contributed by atoms with van der Waals surface area (Å²) in [6, 6.07) is 12.5. The van der Waals surface area contributed by atoms with Gasteiger partial charge in [0.1, 0.15) is 23.3 Å². The number of anilines is 4. The molecule has 3 aromatic rings. The van der Waals surface area contributed by atoms with Gasteiger partial charge in [-0.3, -0.25) is 0 Å². The number of rotatable bonds is 3. The number of nitrogens with two attached hydrogens (primary N) is 4. The molecule has 0 aromatic carbocycles. The summed E-state index contributed by atoms with van der Waals surface area (Å²) in [5.74, 6) is 1.92. The van der Waals surface area contributed by atoms with Gasteiger partial charge in [-0.1, -0.05) is 38.0 Å². The molecular formula is C21H25N7. The Hall–Kier alpha value is -4.13. The molecule has 28 heavy (non-hydrogen) atoms. The van der Waals surface area contributed by atoms with Crippen molar-refractivity contribution in [3.8, 4) is 0 Å². The first-order chi connectivity index (χ1) is 13.4. The van der Waals surface area contributed by atoms with Gasteiger partial charge in [-0.25, -0.2) is 15.0 Å². The van der Waals surface area contributed by atoms with Crippen molar-refractivity contribution < 1.29 is 0 Å². The lowest BCUT2D eigenvalue weighted by Crippen LogP contribution is -1.95. The molecule has 0 amide bonds. The largest absolute Gasteiger partial charge is 0.384 e. The molecule has 0 atom stereocenters. The zero-order chi connectivity index (χ0) is 20.9. The van der Waals surface area contributed by atoms with Gasteiger partial charge in [0.15, 0.2) is 0 Å². The van der Waals surface area contributed by atoms with Crippen LogP contribution in [0.25, 0.3) is 18.2 Å². The summed E-state index contributed by atoms with van der Waals surface area (Å²) >= 11 is 0. The van der Waals surface area contributed by atoms with Crippen LogP contribution in [0.2, 0.25) is 0 Å². The van der Waals surface area contributed by atoms with Gasteiger partial charge in [0, 0.05) is 6.20 Å². The SMILES string of the molecule is C=Cc1cc(N)nc(N)c1.C=Cc1cccc(N)n1.C=Cc1ccnc(N)c1. The summed E-state index contributed by atoms with van der Waals surface area (Å²) in [5, 5.41) is 0. The normalized spacial score (nSPS) is 9.00. The summed E-state index contributed by atoms with van der Waals surface area (Å²) in [6.07, 6.45) is 6.73. The minimum Gasteiger partial charge on any atom is -0.384 e. The van der Waals surface area contributed by atoms with Crippen molar-refractivity contribution in [1.29, 1.82) is 0 Å². The molecule has 0 radical (unpaired) electrons. The van der Waals surface area contributed by atoms with Crippen LogP contribution in [0, 0.1) is 0 Å². The molecular weight excluding hydrogens is 350 g/mol. The van der Waals surface area contributed by atoms with Crippen molar-refractivity contribution >= 4 is 41.5 Å². The zero-order valence-electron chi connectivity index (χ0n) is 15.6. The average molecular weight is 375 g/mol. The van der Waals surface area contributed by atoms with E-state index in [1.165, 1.54) is 0 Å². The van der Waals surface area contributed by atoms with Crippen LogP contribution in [0.15, 0.2) is 68.4 Å². The van der Waals surface area contributed by atoms with Crippen LogP contribution in [0.3, 0.4) is 0 Å². The second-order valence-corrected chi connectivity index (χ2v) is 5.36. The summed E-state index contributed by atoms with van der Waals surface area (Å²) in [7, 11) is 0.